The molecule has 0 aliphatic rings. The van der Waals surface area contributed by atoms with Crippen LogP contribution in [0.3, 0.4) is 0 Å². The zero-order chi connectivity index (χ0) is 8.20. The van der Waals surface area contributed by atoms with Gasteiger partial charge in [-0.25, -0.2) is 0 Å². The fraction of sp³-hybridized carbons (Fsp3) is 1.00. The van der Waals surface area contributed by atoms with Crippen LogP contribution >= 0.6 is 0 Å². The molecule has 9 heavy (non-hydrogen) atoms. The second-order valence-corrected chi connectivity index (χ2v) is 2.96. The first kappa shape index (κ1) is 7.03. The molecule has 0 aliphatic heterocycles. The van der Waals surface area contributed by atoms with Crippen molar-refractivity contribution in [1.29, 1.82) is 0 Å². The molecule has 0 spiro atoms. The molecule has 0 saturated carbocycles. The van der Waals surface area contributed by atoms with E-state index in [1.54, 1.807) is 0 Å². The van der Waals surface area contributed by atoms with Crippen LogP contribution in [0.25, 0.3) is 0 Å². The summed E-state index contributed by atoms with van der Waals surface area (Å²) in [5.41, 5.74) is 0. The zero-order valence-electron chi connectivity index (χ0n) is 8.02. The van der Waals surface area contributed by atoms with Crippen molar-refractivity contribution < 1.29 is 6.30 Å². The number of hydrogen-bond donors (Lipinski definition) is 1. The molecule has 0 fully saturated rings. The average Bonchev–Trinajstić information content (AvgIpc) is 1.59. The van der Waals surface area contributed by atoms with Gasteiger partial charge in [0.05, 0.1) is 20.6 Å². The van der Waals surface area contributed by atoms with Crippen LogP contribution in [-0.2, 0) is 0 Å². The number of nitrogens with one attached hydrogen (secondary N) is 1. The highest BCUT2D eigenvalue weighted by atomic mass is 15.1. The molecule has 0 aromatic heterocycles. The number of rotatable bonds is 4. The smallest absolute Gasteiger partial charge is 0.340 e. The first-order valence-electron chi connectivity index (χ1n) is 3.87. The van der Waals surface area contributed by atoms with Crippen molar-refractivity contribution in [2.24, 2.45) is 0 Å². The summed E-state index contributed by atoms with van der Waals surface area (Å²) >= 11 is 0. The molecule has 2 heteroatoms. The molecule has 0 aromatic carbocycles. The van der Waals surface area contributed by atoms with Gasteiger partial charge in [0.15, 0.2) is 0 Å². The number of hydrogen-bond acceptors (Lipinski definition) is 1. The summed E-state index contributed by atoms with van der Waals surface area (Å²) in [4.78, 5) is 2.48. The molecule has 0 unspecified atom stereocenters. The molecule has 0 heterocycles. The third-order valence-corrected chi connectivity index (χ3v) is 1.21. The summed E-state index contributed by atoms with van der Waals surface area (Å²) in [5, 5.41) is 0. The van der Waals surface area contributed by atoms with E-state index in [1.807, 2.05) is 14.1 Å². The molecule has 1 N–H and O–H groups in total. The predicted octanol–water partition coefficient (Wildman–Crippen LogP) is -0.917. The molecule has 0 rings (SSSR count). The highest BCUT2D eigenvalue weighted by Gasteiger charge is 1.93. The first-order chi connectivity index (χ1) is 4.42. The van der Waals surface area contributed by atoms with Crippen molar-refractivity contribution in [1.82, 2.24) is 4.90 Å². The predicted molar refractivity (Wildman–Crippen MR) is 40.8 cm³/mol. The van der Waals surface area contributed by atoms with Crippen LogP contribution in [0.4, 0.5) is 0 Å². The highest BCUT2D eigenvalue weighted by molar-refractivity contribution is 4.39. The van der Waals surface area contributed by atoms with Crippen LogP contribution in [0.15, 0.2) is 0 Å². The summed E-state index contributed by atoms with van der Waals surface area (Å²) < 4.78 is 7.50. The van der Waals surface area contributed by atoms with E-state index in [0.29, 0.717) is 4.89 Å². The van der Waals surface area contributed by atoms with Gasteiger partial charge in [-0.1, -0.05) is 0 Å². The Labute approximate surface area is 59.9 Å². The summed E-state index contributed by atoms with van der Waals surface area (Å²) in [5.74, 6) is 0. The number of quaternary nitrogens is 1. The van der Waals surface area contributed by atoms with Gasteiger partial charge in [-0.3, -0.25) is 0 Å². The lowest BCUT2D eigenvalue weighted by Gasteiger charge is -2.10. The van der Waals surface area contributed by atoms with E-state index in [-0.39, 0.29) is 0 Å². The highest BCUT2D eigenvalue weighted by Crippen LogP contribution is 1.76. The Hall–Kier alpha value is -0.0800. The molecule has 0 saturated heterocycles. The average molecular weight is 132 g/mol. The molecule has 0 aliphatic carbocycles. The van der Waals surface area contributed by atoms with E-state index >= 15 is 0 Å². The van der Waals surface area contributed by atoms with Gasteiger partial charge in [-0.2, -0.15) is 0 Å². The summed E-state index contributed by atoms with van der Waals surface area (Å²) in [6.07, 6.45) is 1.10. The van der Waals surface area contributed by atoms with Crippen molar-refractivity contribution in [3.8, 4) is 0 Å². The number of nitrogens with zero attached hydrogens (tertiary/aromatic N) is 1. The lowest BCUT2D eigenvalue weighted by Crippen LogP contribution is -3.05. The Morgan fingerprint density at radius 1 is 1.44 bits per heavy atom. The molecule has 0 aromatic rings. The first-order valence-corrected chi connectivity index (χ1v) is 3.42. The van der Waals surface area contributed by atoms with Gasteiger partial charge < -0.3 is 9.79 Å². The molecular formula is C7H19N2+. The Morgan fingerprint density at radius 2 is 2.00 bits per heavy atom. The van der Waals surface area contributed by atoms with Crippen molar-refractivity contribution in [2.45, 2.75) is 6.42 Å². The Bertz CT molecular complexity index is 86.1. The maximum Gasteiger partial charge on any atom is 0.347 e. The zero-order valence-corrected chi connectivity index (χ0v) is 7.02. The van der Waals surface area contributed by atoms with E-state index < -0.39 is 0 Å². The molecule has 2 nitrogen and oxygen atoms in total. The van der Waals surface area contributed by atoms with Crippen LogP contribution in [0.2, 0.25) is 1.41 Å². The van der Waals surface area contributed by atoms with Crippen LogP contribution in [0.5, 0.6) is 0 Å². The lowest BCUT2D eigenvalue weighted by molar-refractivity contribution is -0.858. The molecule has 56 valence electrons. The van der Waals surface area contributed by atoms with E-state index in [9.17, 15) is 0 Å². The van der Waals surface area contributed by atoms with Crippen LogP contribution in [0, 0.1) is 0 Å². The second-order valence-electron chi connectivity index (χ2n) is 2.96. The maximum atomic E-state index is 7.50. The standard InChI is InChI=1S/C7H18N2/c1-8(2)6-5-7-9(3)4/h5-7H2,1-4H3/p+1/i/hD. The van der Waals surface area contributed by atoms with Crippen LogP contribution in [0.1, 0.15) is 6.42 Å². The molecule has 0 bridgehead atoms. The van der Waals surface area contributed by atoms with Crippen molar-refractivity contribution in [3.05, 3.63) is 0 Å². The van der Waals surface area contributed by atoms with Gasteiger partial charge in [0.25, 0.3) is 0 Å². The molecule has 0 amide bonds. The summed E-state index contributed by atoms with van der Waals surface area (Å²) in [6, 6.07) is 0. The lowest BCUT2D eigenvalue weighted by atomic mass is 10.4. The monoisotopic (exact) mass is 132 g/mol. The Kier molecular flexibility index (Phi) is 3.72. The minimum absolute atomic E-state index is 0.327. The minimum atomic E-state index is 0.327. The van der Waals surface area contributed by atoms with Gasteiger partial charge in [-0.15, -0.1) is 0 Å². The van der Waals surface area contributed by atoms with Crippen LogP contribution < -0.4 is 4.89 Å². The maximum absolute atomic E-state index is 7.50. The van der Waals surface area contributed by atoms with Gasteiger partial charge in [0.2, 0.25) is 0 Å². The van der Waals surface area contributed by atoms with Crippen molar-refractivity contribution in [2.75, 3.05) is 41.3 Å². The summed E-state index contributed by atoms with van der Waals surface area (Å²) in [7, 11) is 7.92. The topological polar surface area (TPSA) is 7.68 Å². The van der Waals surface area contributed by atoms with E-state index in [1.165, 1.54) is 0 Å². The Balaban J connectivity index is 3.21. The van der Waals surface area contributed by atoms with Crippen molar-refractivity contribution in [3.63, 3.8) is 0 Å². The van der Waals surface area contributed by atoms with Crippen molar-refractivity contribution >= 4 is 0 Å². The summed E-state index contributed by atoms with van der Waals surface area (Å²) in [6.45, 7) is 2.01. The quantitative estimate of drug-likeness (QED) is 0.520. The largest absolute Gasteiger partial charge is 0.347 e. The van der Waals surface area contributed by atoms with Crippen LogP contribution in [-0.4, -0.2) is 46.2 Å². The van der Waals surface area contributed by atoms with Gasteiger partial charge in [-0.05, 0) is 14.1 Å². The fourth-order valence-corrected chi connectivity index (χ4v) is 0.703. The molecule has 0 radical (unpaired) electrons. The second kappa shape index (κ2) is 4.77. The normalized spacial score (nSPS) is 14.1. The van der Waals surface area contributed by atoms with Gasteiger partial charge in [0.1, 0.15) is 0 Å². The SMILES string of the molecule is [2H][N+](C)(C)CCCN(C)C. The fourth-order valence-electron chi connectivity index (χ4n) is 0.703. The minimum Gasteiger partial charge on any atom is -0.340 e. The third kappa shape index (κ3) is 7.92. The van der Waals surface area contributed by atoms with E-state index in [0.717, 1.165) is 19.5 Å². The Morgan fingerprint density at radius 3 is 2.33 bits per heavy atom. The van der Waals surface area contributed by atoms with E-state index in [4.69, 9.17) is 1.41 Å². The molecule has 0 atom stereocenters. The van der Waals surface area contributed by atoms with Gasteiger partial charge in [0, 0.05) is 13.0 Å². The third-order valence-electron chi connectivity index (χ3n) is 1.21. The van der Waals surface area contributed by atoms with Gasteiger partial charge >= 0.3 is 1.41 Å². The molecular weight excluding hydrogens is 112 g/mol. The van der Waals surface area contributed by atoms with E-state index in [2.05, 4.69) is 19.0 Å².